The SMILES string of the molecule is CCN(CC)c1ccc(/C=N/n2c(-c3cc(OC)c(OC)c(OC)c3)n[nH]c2=S)cc1. The van der Waals surface area contributed by atoms with Crippen molar-refractivity contribution in [2.75, 3.05) is 39.3 Å². The van der Waals surface area contributed by atoms with Gasteiger partial charge in [0, 0.05) is 24.3 Å². The molecule has 1 heterocycles. The van der Waals surface area contributed by atoms with Gasteiger partial charge < -0.3 is 19.1 Å². The Bertz CT molecular complexity index is 1080. The van der Waals surface area contributed by atoms with Crippen molar-refractivity contribution in [1.82, 2.24) is 14.9 Å². The first-order chi connectivity index (χ1) is 15.1. The Morgan fingerprint density at radius 3 is 2.16 bits per heavy atom. The average Bonchev–Trinajstić information content (AvgIpc) is 3.18. The molecule has 0 spiro atoms. The molecule has 0 aliphatic heterocycles. The number of nitrogens with zero attached hydrogens (tertiary/aromatic N) is 4. The number of anilines is 1. The van der Waals surface area contributed by atoms with Gasteiger partial charge in [0.2, 0.25) is 10.5 Å². The van der Waals surface area contributed by atoms with Crippen LogP contribution in [0.1, 0.15) is 19.4 Å². The zero-order chi connectivity index (χ0) is 22.4. The Balaban J connectivity index is 1.96. The fourth-order valence-electron chi connectivity index (χ4n) is 3.28. The van der Waals surface area contributed by atoms with Crippen LogP contribution >= 0.6 is 12.2 Å². The molecular weight excluding hydrogens is 414 g/mol. The molecule has 8 nitrogen and oxygen atoms in total. The fraction of sp³-hybridized carbons (Fsp3) is 0.318. The van der Waals surface area contributed by atoms with Crippen LogP contribution in [0, 0.1) is 4.77 Å². The first kappa shape index (κ1) is 22.4. The summed E-state index contributed by atoms with van der Waals surface area (Å²) in [7, 11) is 4.70. The molecule has 1 aromatic heterocycles. The number of ether oxygens (including phenoxy) is 3. The monoisotopic (exact) mass is 441 g/mol. The van der Waals surface area contributed by atoms with E-state index in [4.69, 9.17) is 26.4 Å². The molecule has 0 aliphatic carbocycles. The third-order valence-electron chi connectivity index (χ3n) is 4.92. The van der Waals surface area contributed by atoms with E-state index in [1.54, 1.807) is 44.4 Å². The summed E-state index contributed by atoms with van der Waals surface area (Å²) in [4.78, 5) is 2.29. The van der Waals surface area contributed by atoms with Gasteiger partial charge in [0.05, 0.1) is 27.5 Å². The summed E-state index contributed by atoms with van der Waals surface area (Å²) in [6.45, 7) is 6.22. The van der Waals surface area contributed by atoms with Gasteiger partial charge in [-0.05, 0) is 55.9 Å². The average molecular weight is 442 g/mol. The summed E-state index contributed by atoms with van der Waals surface area (Å²) in [5, 5.41) is 11.7. The lowest BCUT2D eigenvalue weighted by atomic mass is 10.1. The van der Waals surface area contributed by atoms with Gasteiger partial charge in [-0.15, -0.1) is 0 Å². The number of hydrogen-bond donors (Lipinski definition) is 1. The smallest absolute Gasteiger partial charge is 0.216 e. The molecular formula is C22H27N5O3S. The highest BCUT2D eigenvalue weighted by Crippen LogP contribution is 2.40. The molecule has 164 valence electrons. The second-order valence-corrected chi connectivity index (χ2v) is 6.97. The number of methoxy groups -OCH3 is 3. The highest BCUT2D eigenvalue weighted by atomic mass is 32.1. The van der Waals surface area contributed by atoms with Crippen LogP contribution in [0.5, 0.6) is 17.2 Å². The van der Waals surface area contributed by atoms with E-state index in [0.29, 0.717) is 27.8 Å². The van der Waals surface area contributed by atoms with Crippen molar-refractivity contribution >= 4 is 24.1 Å². The van der Waals surface area contributed by atoms with Gasteiger partial charge in [0.1, 0.15) is 0 Å². The van der Waals surface area contributed by atoms with E-state index in [0.717, 1.165) is 24.2 Å². The van der Waals surface area contributed by atoms with Crippen molar-refractivity contribution in [3.05, 3.63) is 46.7 Å². The van der Waals surface area contributed by atoms with Crippen LogP contribution in [0.3, 0.4) is 0 Å². The lowest BCUT2D eigenvalue weighted by Crippen LogP contribution is -2.21. The van der Waals surface area contributed by atoms with E-state index >= 15 is 0 Å². The highest BCUT2D eigenvalue weighted by molar-refractivity contribution is 7.71. The van der Waals surface area contributed by atoms with Crippen LogP contribution in [-0.4, -0.2) is 55.5 Å². The second-order valence-electron chi connectivity index (χ2n) is 6.59. The quantitative estimate of drug-likeness (QED) is 0.393. The third-order valence-corrected chi connectivity index (χ3v) is 5.18. The summed E-state index contributed by atoms with van der Waals surface area (Å²) >= 11 is 5.38. The molecule has 0 unspecified atom stereocenters. The molecule has 0 fully saturated rings. The predicted octanol–water partition coefficient (Wildman–Crippen LogP) is 4.36. The number of hydrogen-bond acceptors (Lipinski definition) is 7. The zero-order valence-electron chi connectivity index (χ0n) is 18.4. The molecule has 0 saturated heterocycles. The molecule has 0 amide bonds. The Hall–Kier alpha value is -3.33. The van der Waals surface area contributed by atoms with E-state index in [1.165, 1.54) is 5.69 Å². The van der Waals surface area contributed by atoms with Crippen LogP contribution in [0.4, 0.5) is 5.69 Å². The van der Waals surface area contributed by atoms with E-state index in [-0.39, 0.29) is 0 Å². The van der Waals surface area contributed by atoms with Gasteiger partial charge >= 0.3 is 0 Å². The third kappa shape index (κ3) is 4.72. The van der Waals surface area contributed by atoms with E-state index in [2.05, 4.69) is 46.2 Å². The van der Waals surface area contributed by atoms with Gasteiger partial charge in [-0.1, -0.05) is 12.1 Å². The maximum absolute atomic E-state index is 5.45. The number of nitrogens with one attached hydrogen (secondary N) is 1. The van der Waals surface area contributed by atoms with Gasteiger partial charge in [-0.2, -0.15) is 14.9 Å². The van der Waals surface area contributed by atoms with Crippen LogP contribution < -0.4 is 19.1 Å². The first-order valence-corrected chi connectivity index (χ1v) is 10.3. The Labute approximate surface area is 187 Å². The van der Waals surface area contributed by atoms with Crippen molar-refractivity contribution in [3.63, 3.8) is 0 Å². The number of rotatable bonds is 9. The Morgan fingerprint density at radius 2 is 1.65 bits per heavy atom. The van der Waals surface area contributed by atoms with Crippen molar-refractivity contribution < 1.29 is 14.2 Å². The first-order valence-electron chi connectivity index (χ1n) is 9.93. The van der Waals surface area contributed by atoms with Crippen molar-refractivity contribution in [2.24, 2.45) is 5.10 Å². The maximum atomic E-state index is 5.45. The normalized spacial score (nSPS) is 11.0. The molecule has 2 aromatic carbocycles. The van der Waals surface area contributed by atoms with Gasteiger partial charge in [-0.3, -0.25) is 0 Å². The molecule has 0 bridgehead atoms. The maximum Gasteiger partial charge on any atom is 0.216 e. The van der Waals surface area contributed by atoms with Crippen LogP contribution in [0.2, 0.25) is 0 Å². The summed E-state index contributed by atoms with van der Waals surface area (Å²) < 4.78 is 18.2. The molecule has 31 heavy (non-hydrogen) atoms. The van der Waals surface area contributed by atoms with Gasteiger partial charge in [-0.25, -0.2) is 5.10 Å². The van der Waals surface area contributed by atoms with E-state index in [1.807, 2.05) is 12.1 Å². The Morgan fingerprint density at radius 1 is 1.03 bits per heavy atom. The number of aromatic amines is 1. The number of aromatic nitrogens is 3. The summed E-state index contributed by atoms with van der Waals surface area (Å²) in [5.74, 6) is 2.08. The van der Waals surface area contributed by atoms with Crippen molar-refractivity contribution in [3.8, 4) is 28.6 Å². The van der Waals surface area contributed by atoms with Crippen molar-refractivity contribution in [1.29, 1.82) is 0 Å². The molecule has 3 aromatic rings. The minimum absolute atomic E-state index is 0.375. The molecule has 1 N–H and O–H groups in total. The molecule has 0 atom stereocenters. The minimum Gasteiger partial charge on any atom is -0.493 e. The summed E-state index contributed by atoms with van der Waals surface area (Å²) in [5.41, 5.74) is 2.85. The number of H-pyrrole nitrogens is 1. The zero-order valence-corrected chi connectivity index (χ0v) is 19.2. The molecule has 3 rings (SSSR count). The largest absolute Gasteiger partial charge is 0.493 e. The predicted molar refractivity (Wildman–Crippen MR) is 125 cm³/mol. The van der Waals surface area contributed by atoms with Gasteiger partial charge in [0.15, 0.2) is 17.3 Å². The highest BCUT2D eigenvalue weighted by Gasteiger charge is 2.17. The second kappa shape index (κ2) is 10.1. The molecule has 0 saturated carbocycles. The summed E-state index contributed by atoms with van der Waals surface area (Å²) in [6, 6.07) is 11.8. The molecule has 0 aliphatic rings. The van der Waals surface area contributed by atoms with E-state index < -0.39 is 0 Å². The lowest BCUT2D eigenvalue weighted by molar-refractivity contribution is 0.324. The fourth-order valence-corrected chi connectivity index (χ4v) is 3.46. The van der Waals surface area contributed by atoms with Crippen molar-refractivity contribution in [2.45, 2.75) is 13.8 Å². The Kier molecular flexibility index (Phi) is 7.30. The topological polar surface area (TPSA) is 76.9 Å². The van der Waals surface area contributed by atoms with Gasteiger partial charge in [0.25, 0.3) is 0 Å². The minimum atomic E-state index is 0.375. The van der Waals surface area contributed by atoms with Crippen LogP contribution in [0.25, 0.3) is 11.4 Å². The standard InChI is InChI=1S/C22H27N5O3S/c1-6-26(7-2)17-10-8-15(9-11-17)14-23-27-21(24-25-22(27)31)16-12-18(28-3)20(30-5)19(13-16)29-4/h8-14H,6-7H2,1-5H3,(H,25,31)/b23-14+. The van der Waals surface area contributed by atoms with E-state index in [9.17, 15) is 0 Å². The summed E-state index contributed by atoms with van der Waals surface area (Å²) in [6.07, 6.45) is 1.75. The molecule has 0 radical (unpaired) electrons. The van der Waals surface area contributed by atoms with Crippen LogP contribution in [0.15, 0.2) is 41.5 Å². The van der Waals surface area contributed by atoms with Crippen LogP contribution in [-0.2, 0) is 0 Å². The molecule has 9 heteroatoms. The number of benzene rings is 2. The lowest BCUT2D eigenvalue weighted by Gasteiger charge is -2.20.